The smallest absolute Gasteiger partial charge is 0.409 e. The zero-order chi connectivity index (χ0) is 18.7. The van der Waals surface area contributed by atoms with Crippen molar-refractivity contribution in [1.29, 1.82) is 0 Å². The average Bonchev–Trinajstić information content (AvgIpc) is 2.66. The van der Waals surface area contributed by atoms with Crippen LogP contribution in [-0.4, -0.2) is 49.6 Å². The largest absolute Gasteiger partial charge is 0.453 e. The molecule has 1 aliphatic rings. The predicted molar refractivity (Wildman–Crippen MR) is 99.5 cm³/mol. The third kappa shape index (κ3) is 3.61. The summed E-state index contributed by atoms with van der Waals surface area (Å²) in [4.78, 5) is 32.2. The molecule has 0 fully saturated rings. The molecule has 0 atom stereocenters. The molecule has 0 radical (unpaired) electrons. The minimum Gasteiger partial charge on any atom is -0.453 e. The molecule has 0 spiro atoms. The minimum atomic E-state index is -0.369. The number of benzene rings is 1. The van der Waals surface area contributed by atoms with Gasteiger partial charge in [0.05, 0.1) is 19.2 Å². The van der Waals surface area contributed by atoms with Crippen molar-refractivity contribution in [1.82, 2.24) is 9.88 Å². The molecule has 26 heavy (non-hydrogen) atoms. The first-order valence-corrected chi connectivity index (χ1v) is 8.37. The lowest BCUT2D eigenvalue weighted by atomic mass is 9.97. The molecule has 0 saturated carbocycles. The van der Waals surface area contributed by atoms with Gasteiger partial charge in [-0.25, -0.2) is 4.79 Å². The molecule has 0 aliphatic carbocycles. The van der Waals surface area contributed by atoms with Gasteiger partial charge in [-0.1, -0.05) is 0 Å². The van der Waals surface area contributed by atoms with Crippen molar-refractivity contribution in [3.8, 4) is 0 Å². The van der Waals surface area contributed by atoms with Gasteiger partial charge in [0, 0.05) is 44.4 Å². The number of hydrogen-bond acceptors (Lipinski definition) is 5. The van der Waals surface area contributed by atoms with Gasteiger partial charge in [0.15, 0.2) is 0 Å². The first-order valence-electron chi connectivity index (χ1n) is 8.37. The fourth-order valence-corrected chi connectivity index (χ4v) is 3.02. The molecular weight excluding hydrogens is 332 g/mol. The lowest BCUT2D eigenvalue weighted by Crippen LogP contribution is -2.36. The molecule has 0 bridgehead atoms. The molecule has 1 aliphatic heterocycles. The number of hydrogen-bond donors (Lipinski definition) is 1. The second kappa shape index (κ2) is 7.43. The quantitative estimate of drug-likeness (QED) is 0.917. The fraction of sp³-hybridized carbons (Fsp3) is 0.316. The van der Waals surface area contributed by atoms with Gasteiger partial charge in [0.25, 0.3) is 5.91 Å². The van der Waals surface area contributed by atoms with Gasteiger partial charge in [-0.2, -0.15) is 0 Å². The number of methoxy groups -OCH3 is 1. The van der Waals surface area contributed by atoms with Gasteiger partial charge < -0.3 is 19.9 Å². The van der Waals surface area contributed by atoms with Crippen LogP contribution in [0.5, 0.6) is 0 Å². The van der Waals surface area contributed by atoms with E-state index in [1.165, 1.54) is 7.11 Å². The van der Waals surface area contributed by atoms with Crippen molar-refractivity contribution in [2.75, 3.05) is 38.0 Å². The van der Waals surface area contributed by atoms with Gasteiger partial charge in [-0.15, -0.1) is 0 Å². The SMILES string of the molecule is COC(=O)N1CCc2c(cncc2C(=O)Nc2ccc(N(C)C)cc2)C1. The van der Waals surface area contributed by atoms with E-state index in [0.717, 1.165) is 22.5 Å². The molecule has 1 aromatic carbocycles. The Morgan fingerprint density at radius 3 is 2.58 bits per heavy atom. The zero-order valence-corrected chi connectivity index (χ0v) is 15.2. The van der Waals surface area contributed by atoms with Crippen LogP contribution in [0.3, 0.4) is 0 Å². The Morgan fingerprint density at radius 1 is 1.19 bits per heavy atom. The molecule has 136 valence electrons. The second-order valence-corrected chi connectivity index (χ2v) is 6.36. The summed E-state index contributed by atoms with van der Waals surface area (Å²) in [5.74, 6) is -0.196. The monoisotopic (exact) mass is 354 g/mol. The average molecular weight is 354 g/mol. The van der Waals surface area contributed by atoms with Crippen molar-refractivity contribution in [3.05, 3.63) is 53.3 Å². The number of amides is 2. The topological polar surface area (TPSA) is 74.8 Å². The van der Waals surface area contributed by atoms with Crippen LogP contribution in [0.2, 0.25) is 0 Å². The van der Waals surface area contributed by atoms with E-state index in [0.29, 0.717) is 25.1 Å². The Morgan fingerprint density at radius 2 is 1.92 bits per heavy atom. The van der Waals surface area contributed by atoms with Crippen molar-refractivity contribution in [3.63, 3.8) is 0 Å². The highest BCUT2D eigenvalue weighted by Crippen LogP contribution is 2.23. The maximum atomic E-state index is 12.7. The van der Waals surface area contributed by atoms with Crippen LogP contribution >= 0.6 is 0 Å². The molecule has 7 nitrogen and oxygen atoms in total. The highest BCUT2D eigenvalue weighted by molar-refractivity contribution is 6.05. The van der Waals surface area contributed by atoms with E-state index < -0.39 is 0 Å². The van der Waals surface area contributed by atoms with Crippen molar-refractivity contribution < 1.29 is 14.3 Å². The van der Waals surface area contributed by atoms with Crippen LogP contribution in [0.4, 0.5) is 16.2 Å². The van der Waals surface area contributed by atoms with Gasteiger partial charge in [0.2, 0.25) is 0 Å². The highest BCUT2D eigenvalue weighted by Gasteiger charge is 2.25. The lowest BCUT2D eigenvalue weighted by molar-refractivity contribution is 0.102. The van der Waals surface area contributed by atoms with Crippen LogP contribution in [0.15, 0.2) is 36.7 Å². The molecule has 0 unspecified atom stereocenters. The second-order valence-electron chi connectivity index (χ2n) is 6.36. The number of carbonyl (C=O) groups excluding carboxylic acids is 2. The molecule has 1 aromatic heterocycles. The van der Waals surface area contributed by atoms with Crippen LogP contribution < -0.4 is 10.2 Å². The number of aromatic nitrogens is 1. The van der Waals surface area contributed by atoms with Gasteiger partial charge in [-0.05, 0) is 41.8 Å². The Hall–Kier alpha value is -3.09. The fourth-order valence-electron chi connectivity index (χ4n) is 3.02. The summed E-state index contributed by atoms with van der Waals surface area (Å²) in [7, 11) is 5.29. The van der Waals surface area contributed by atoms with E-state index in [9.17, 15) is 9.59 Å². The van der Waals surface area contributed by atoms with Crippen molar-refractivity contribution >= 4 is 23.4 Å². The summed E-state index contributed by atoms with van der Waals surface area (Å²) in [6.07, 6.45) is 3.50. The molecular formula is C19H22N4O3. The number of fused-ring (bicyclic) bond motifs is 1. The number of nitrogens with one attached hydrogen (secondary N) is 1. The maximum Gasteiger partial charge on any atom is 0.409 e. The molecule has 1 N–H and O–H groups in total. The van der Waals surface area contributed by atoms with E-state index in [2.05, 4.69) is 10.3 Å². The van der Waals surface area contributed by atoms with E-state index in [1.807, 2.05) is 43.3 Å². The first-order chi connectivity index (χ1) is 12.5. The normalized spacial score (nSPS) is 13.0. The number of rotatable bonds is 3. The number of nitrogens with zero attached hydrogens (tertiary/aromatic N) is 3. The maximum absolute atomic E-state index is 12.7. The minimum absolute atomic E-state index is 0.196. The lowest BCUT2D eigenvalue weighted by Gasteiger charge is -2.28. The van der Waals surface area contributed by atoms with Crippen LogP contribution in [0.25, 0.3) is 0 Å². The van der Waals surface area contributed by atoms with Crippen LogP contribution in [0, 0.1) is 0 Å². The van der Waals surface area contributed by atoms with Crippen molar-refractivity contribution in [2.24, 2.45) is 0 Å². The molecule has 2 amide bonds. The summed E-state index contributed by atoms with van der Waals surface area (Å²) in [6, 6.07) is 7.63. The van der Waals surface area contributed by atoms with Gasteiger partial charge >= 0.3 is 6.09 Å². The standard InChI is InChI=1S/C19H22N4O3/c1-22(2)15-6-4-14(5-7-15)21-18(24)17-11-20-10-13-12-23(19(25)26-3)9-8-16(13)17/h4-7,10-11H,8-9,12H2,1-3H3,(H,21,24). The van der Waals surface area contributed by atoms with E-state index >= 15 is 0 Å². The van der Waals surface area contributed by atoms with Gasteiger partial charge in [-0.3, -0.25) is 9.78 Å². The number of ether oxygens (including phenoxy) is 1. The Bertz CT molecular complexity index is 818. The summed E-state index contributed by atoms with van der Waals surface area (Å²) in [5.41, 5.74) is 4.14. The van der Waals surface area contributed by atoms with E-state index in [1.54, 1.807) is 17.3 Å². The van der Waals surface area contributed by atoms with Crippen LogP contribution in [-0.2, 0) is 17.7 Å². The Kier molecular flexibility index (Phi) is 5.06. The molecule has 2 heterocycles. The summed E-state index contributed by atoms with van der Waals surface area (Å²) in [5, 5.41) is 2.92. The highest BCUT2D eigenvalue weighted by atomic mass is 16.5. The summed E-state index contributed by atoms with van der Waals surface area (Å²) >= 11 is 0. The summed E-state index contributed by atoms with van der Waals surface area (Å²) in [6.45, 7) is 0.912. The molecule has 7 heteroatoms. The van der Waals surface area contributed by atoms with Gasteiger partial charge in [0.1, 0.15) is 0 Å². The third-order valence-electron chi connectivity index (χ3n) is 4.46. The third-order valence-corrected chi connectivity index (χ3v) is 4.46. The van der Waals surface area contributed by atoms with Crippen LogP contribution in [0.1, 0.15) is 21.5 Å². The van der Waals surface area contributed by atoms with E-state index in [-0.39, 0.29) is 12.0 Å². The molecule has 0 saturated heterocycles. The molecule has 2 aromatic rings. The number of pyridine rings is 1. The Balaban J connectivity index is 1.78. The predicted octanol–water partition coefficient (Wildman–Crippen LogP) is 2.52. The number of anilines is 2. The first kappa shape index (κ1) is 17.7. The zero-order valence-electron chi connectivity index (χ0n) is 15.2. The molecule has 3 rings (SSSR count). The Labute approximate surface area is 152 Å². The van der Waals surface area contributed by atoms with E-state index in [4.69, 9.17) is 4.74 Å². The number of carbonyl (C=O) groups is 2. The summed E-state index contributed by atoms with van der Waals surface area (Å²) < 4.78 is 4.77. The van der Waals surface area contributed by atoms with Crippen molar-refractivity contribution in [2.45, 2.75) is 13.0 Å².